The lowest BCUT2D eigenvalue weighted by Gasteiger charge is -2.28. The Morgan fingerprint density at radius 2 is 2.00 bits per heavy atom. The van der Waals surface area contributed by atoms with Gasteiger partial charge in [-0.25, -0.2) is 0 Å². The van der Waals surface area contributed by atoms with Gasteiger partial charge in [-0.15, -0.1) is 0 Å². The van der Waals surface area contributed by atoms with Crippen LogP contribution in [0.25, 0.3) is 11.3 Å². The molecule has 29 heavy (non-hydrogen) atoms. The van der Waals surface area contributed by atoms with E-state index in [0.29, 0.717) is 23.5 Å². The molecule has 2 atom stereocenters. The van der Waals surface area contributed by atoms with E-state index in [9.17, 15) is 9.90 Å². The number of aromatic hydroxyl groups is 1. The molecule has 148 valence electrons. The van der Waals surface area contributed by atoms with Gasteiger partial charge < -0.3 is 14.7 Å². The van der Waals surface area contributed by atoms with E-state index >= 15 is 0 Å². The SMILES string of the molecule is Cc1ccc([C@H]2c3c(-c4ccccc4O)n[nH]c3C(=O)N2C[C@@H]2CCCO2)cc1. The number of hydrogen-bond acceptors (Lipinski definition) is 4. The molecule has 5 rings (SSSR count). The third kappa shape index (κ3) is 3.00. The van der Waals surface area contributed by atoms with Crippen molar-refractivity contribution >= 4 is 5.91 Å². The molecule has 2 N–H and O–H groups in total. The molecule has 0 saturated carbocycles. The smallest absolute Gasteiger partial charge is 0.273 e. The molecule has 3 heterocycles. The van der Waals surface area contributed by atoms with Crippen molar-refractivity contribution in [3.8, 4) is 17.0 Å². The zero-order chi connectivity index (χ0) is 20.0. The maximum Gasteiger partial charge on any atom is 0.273 e. The summed E-state index contributed by atoms with van der Waals surface area (Å²) in [6.45, 7) is 3.34. The van der Waals surface area contributed by atoms with E-state index in [1.165, 1.54) is 0 Å². The Kier molecular flexibility index (Phi) is 4.36. The molecule has 2 aliphatic rings. The molecule has 1 fully saturated rings. The van der Waals surface area contributed by atoms with Crippen molar-refractivity contribution in [3.63, 3.8) is 0 Å². The number of carbonyl (C=O) groups is 1. The summed E-state index contributed by atoms with van der Waals surface area (Å²) in [7, 11) is 0. The third-order valence-electron chi connectivity index (χ3n) is 5.84. The Bertz CT molecular complexity index is 1050. The average molecular weight is 389 g/mol. The number of phenolic OH excluding ortho intramolecular Hbond substituents is 1. The third-order valence-corrected chi connectivity index (χ3v) is 5.84. The normalized spacial score (nSPS) is 21.0. The van der Waals surface area contributed by atoms with Crippen molar-refractivity contribution in [2.75, 3.05) is 13.2 Å². The van der Waals surface area contributed by atoms with Gasteiger partial charge in [-0.05, 0) is 37.5 Å². The van der Waals surface area contributed by atoms with Crippen LogP contribution in [0.3, 0.4) is 0 Å². The fourth-order valence-corrected chi connectivity index (χ4v) is 4.37. The number of para-hydroxylation sites is 1. The summed E-state index contributed by atoms with van der Waals surface area (Å²) >= 11 is 0. The van der Waals surface area contributed by atoms with Crippen molar-refractivity contribution < 1.29 is 14.6 Å². The van der Waals surface area contributed by atoms with Crippen molar-refractivity contribution in [1.82, 2.24) is 15.1 Å². The highest BCUT2D eigenvalue weighted by atomic mass is 16.5. The van der Waals surface area contributed by atoms with Crippen molar-refractivity contribution in [1.29, 1.82) is 0 Å². The number of nitrogens with one attached hydrogen (secondary N) is 1. The predicted molar refractivity (Wildman–Crippen MR) is 109 cm³/mol. The summed E-state index contributed by atoms with van der Waals surface area (Å²) < 4.78 is 5.82. The number of rotatable bonds is 4. The van der Waals surface area contributed by atoms with Crippen molar-refractivity contribution in [3.05, 3.63) is 70.9 Å². The first-order valence-electron chi connectivity index (χ1n) is 9.99. The second kappa shape index (κ2) is 7.04. The minimum atomic E-state index is -0.268. The monoisotopic (exact) mass is 389 g/mol. The molecule has 2 aliphatic heterocycles. The molecule has 1 aromatic heterocycles. The van der Waals surface area contributed by atoms with Crippen LogP contribution in [0.15, 0.2) is 48.5 Å². The zero-order valence-corrected chi connectivity index (χ0v) is 16.3. The molecule has 0 aliphatic carbocycles. The Balaban J connectivity index is 1.64. The van der Waals surface area contributed by atoms with Crippen LogP contribution < -0.4 is 0 Å². The summed E-state index contributed by atoms with van der Waals surface area (Å²) in [6, 6.07) is 15.1. The van der Waals surface area contributed by atoms with Crippen LogP contribution in [0, 0.1) is 6.92 Å². The number of fused-ring (bicyclic) bond motifs is 1. The number of nitrogens with zero attached hydrogens (tertiary/aromatic N) is 2. The number of ether oxygens (including phenoxy) is 1. The molecule has 1 amide bonds. The van der Waals surface area contributed by atoms with E-state index in [4.69, 9.17) is 4.74 Å². The highest BCUT2D eigenvalue weighted by molar-refractivity contribution is 6.00. The van der Waals surface area contributed by atoms with Gasteiger partial charge in [0.15, 0.2) is 0 Å². The predicted octanol–water partition coefficient (Wildman–Crippen LogP) is 3.81. The molecule has 2 aromatic carbocycles. The first-order chi connectivity index (χ1) is 14.1. The topological polar surface area (TPSA) is 78.5 Å². The second-order valence-corrected chi connectivity index (χ2v) is 7.78. The molecule has 0 spiro atoms. The lowest BCUT2D eigenvalue weighted by Crippen LogP contribution is -2.36. The average Bonchev–Trinajstić information content (AvgIpc) is 3.44. The summed E-state index contributed by atoms with van der Waals surface area (Å²) in [5.41, 5.74) is 4.74. The number of aryl methyl sites for hydroxylation is 1. The van der Waals surface area contributed by atoms with Gasteiger partial charge in [-0.1, -0.05) is 42.0 Å². The number of amides is 1. The van der Waals surface area contributed by atoms with Gasteiger partial charge in [0, 0.05) is 24.3 Å². The van der Waals surface area contributed by atoms with Crippen LogP contribution in [0.1, 0.15) is 46.1 Å². The van der Waals surface area contributed by atoms with Crippen LogP contribution in [-0.2, 0) is 4.74 Å². The molecule has 1 saturated heterocycles. The van der Waals surface area contributed by atoms with Gasteiger partial charge in [0.1, 0.15) is 17.1 Å². The summed E-state index contributed by atoms with van der Waals surface area (Å²) in [4.78, 5) is 15.2. The number of benzene rings is 2. The summed E-state index contributed by atoms with van der Waals surface area (Å²) in [5, 5.41) is 17.7. The Hall–Kier alpha value is -3.12. The summed E-state index contributed by atoms with van der Waals surface area (Å²) in [6.07, 6.45) is 2.04. The fraction of sp³-hybridized carbons (Fsp3) is 0.304. The standard InChI is InChI=1S/C23H23N3O3/c1-14-8-10-15(11-9-14)22-19-20(17-6-2-3-7-18(17)27)24-25-21(19)23(28)26(22)13-16-5-4-12-29-16/h2-3,6-11,16,22,27H,4-5,12-13H2,1H3,(H,24,25)/t16-,22-/m0/s1. The van der Waals surface area contributed by atoms with Gasteiger partial charge in [0.25, 0.3) is 5.91 Å². The van der Waals surface area contributed by atoms with Crippen LogP contribution in [0.5, 0.6) is 5.75 Å². The Morgan fingerprint density at radius 1 is 1.21 bits per heavy atom. The van der Waals surface area contributed by atoms with Crippen LogP contribution in [-0.4, -0.2) is 45.4 Å². The number of aromatic amines is 1. The molecular weight excluding hydrogens is 366 g/mol. The second-order valence-electron chi connectivity index (χ2n) is 7.78. The van der Waals surface area contributed by atoms with E-state index in [2.05, 4.69) is 34.5 Å². The Morgan fingerprint density at radius 3 is 2.72 bits per heavy atom. The van der Waals surface area contributed by atoms with E-state index in [-0.39, 0.29) is 23.8 Å². The molecule has 3 aromatic rings. The first-order valence-corrected chi connectivity index (χ1v) is 9.99. The van der Waals surface area contributed by atoms with E-state index in [1.54, 1.807) is 12.1 Å². The van der Waals surface area contributed by atoms with Crippen LogP contribution >= 0.6 is 0 Å². The van der Waals surface area contributed by atoms with Gasteiger partial charge in [0.2, 0.25) is 0 Å². The van der Waals surface area contributed by atoms with E-state index in [1.807, 2.05) is 24.0 Å². The first kappa shape index (κ1) is 17.9. The summed E-state index contributed by atoms with van der Waals surface area (Å²) in [5.74, 6) is 0.0738. The van der Waals surface area contributed by atoms with Crippen LogP contribution in [0.4, 0.5) is 0 Å². The Labute approximate surface area is 169 Å². The lowest BCUT2D eigenvalue weighted by atomic mass is 9.95. The molecular formula is C23H23N3O3. The van der Waals surface area contributed by atoms with Crippen molar-refractivity contribution in [2.45, 2.75) is 31.9 Å². The van der Waals surface area contributed by atoms with Crippen LogP contribution in [0.2, 0.25) is 0 Å². The van der Waals surface area contributed by atoms with E-state index in [0.717, 1.165) is 36.1 Å². The molecule has 6 nitrogen and oxygen atoms in total. The molecule has 0 radical (unpaired) electrons. The van der Waals surface area contributed by atoms with Crippen molar-refractivity contribution in [2.24, 2.45) is 0 Å². The zero-order valence-electron chi connectivity index (χ0n) is 16.3. The molecule has 0 unspecified atom stereocenters. The molecule has 0 bridgehead atoms. The maximum atomic E-state index is 13.3. The number of carbonyl (C=O) groups excluding carboxylic acids is 1. The van der Waals surface area contributed by atoms with Gasteiger partial charge in [-0.3, -0.25) is 9.89 Å². The number of H-pyrrole nitrogens is 1. The highest BCUT2D eigenvalue weighted by Gasteiger charge is 2.43. The number of hydrogen-bond donors (Lipinski definition) is 2. The van der Waals surface area contributed by atoms with Gasteiger partial charge in [-0.2, -0.15) is 5.10 Å². The maximum absolute atomic E-state index is 13.3. The quantitative estimate of drug-likeness (QED) is 0.711. The van der Waals surface area contributed by atoms with E-state index < -0.39 is 0 Å². The lowest BCUT2D eigenvalue weighted by molar-refractivity contribution is 0.0495. The minimum Gasteiger partial charge on any atom is -0.507 e. The number of aromatic nitrogens is 2. The molecule has 6 heteroatoms. The number of phenols is 1. The van der Waals surface area contributed by atoms with Gasteiger partial charge in [0.05, 0.1) is 12.1 Å². The minimum absolute atomic E-state index is 0.0532. The van der Waals surface area contributed by atoms with Gasteiger partial charge >= 0.3 is 0 Å². The fourth-order valence-electron chi connectivity index (χ4n) is 4.37. The largest absolute Gasteiger partial charge is 0.507 e. The highest BCUT2D eigenvalue weighted by Crippen LogP contribution is 2.44.